The van der Waals surface area contributed by atoms with Gasteiger partial charge in [0, 0.05) is 38.8 Å². The maximum atomic E-state index is 6.12. The van der Waals surface area contributed by atoms with E-state index in [4.69, 9.17) is 14.5 Å². The fraction of sp³-hybridized carbons (Fsp3) is 0.708. The second-order valence-corrected chi connectivity index (χ2v) is 8.60. The summed E-state index contributed by atoms with van der Waals surface area (Å²) in [5.74, 6) is 1.04. The van der Waals surface area contributed by atoms with E-state index in [2.05, 4.69) is 66.3 Å². The van der Waals surface area contributed by atoms with Crippen LogP contribution in [0.4, 0.5) is 0 Å². The lowest BCUT2D eigenvalue weighted by molar-refractivity contribution is -0.0367. The highest BCUT2D eigenvalue weighted by Gasteiger charge is 2.24. The molecule has 0 spiro atoms. The monoisotopic (exact) mass is 416 g/mol. The molecule has 0 amide bonds. The highest BCUT2D eigenvalue weighted by Crippen LogP contribution is 2.18. The van der Waals surface area contributed by atoms with Gasteiger partial charge >= 0.3 is 0 Å². The largest absolute Gasteiger partial charge is 0.376 e. The molecule has 2 atom stereocenters. The smallest absolute Gasteiger partial charge is 0.193 e. The molecule has 3 rings (SSSR count). The molecule has 2 aliphatic heterocycles. The molecule has 2 heterocycles. The average Bonchev–Trinajstić information content (AvgIpc) is 3.30. The van der Waals surface area contributed by atoms with Crippen molar-refractivity contribution in [3.8, 4) is 0 Å². The molecule has 1 aromatic rings. The van der Waals surface area contributed by atoms with Crippen LogP contribution in [0.15, 0.2) is 35.3 Å². The molecule has 0 radical (unpaired) electrons. The van der Waals surface area contributed by atoms with Crippen molar-refractivity contribution in [2.45, 2.75) is 64.3 Å². The Morgan fingerprint density at radius 2 is 2.03 bits per heavy atom. The second-order valence-electron chi connectivity index (χ2n) is 8.60. The number of benzene rings is 1. The molecule has 2 unspecified atom stereocenters. The van der Waals surface area contributed by atoms with Gasteiger partial charge in [-0.2, -0.15) is 0 Å². The van der Waals surface area contributed by atoms with Crippen LogP contribution >= 0.6 is 0 Å². The standard InChI is InChI=1S/C24H40N4O2/c1-4-25-24(26-17-20(2)27(3)18-21-9-6-5-7-10-21)28-14-12-22(13-15-28)30-19-23-11-8-16-29-23/h5-7,9-10,20,22-23H,4,8,11-19H2,1-3H3,(H,25,26). The van der Waals surface area contributed by atoms with Gasteiger partial charge in [0.2, 0.25) is 0 Å². The molecule has 1 N–H and O–H groups in total. The van der Waals surface area contributed by atoms with Crippen molar-refractivity contribution >= 4 is 5.96 Å². The summed E-state index contributed by atoms with van der Waals surface area (Å²) >= 11 is 0. The highest BCUT2D eigenvalue weighted by molar-refractivity contribution is 5.80. The van der Waals surface area contributed by atoms with Crippen molar-refractivity contribution in [3.05, 3.63) is 35.9 Å². The maximum absolute atomic E-state index is 6.12. The van der Waals surface area contributed by atoms with E-state index in [9.17, 15) is 0 Å². The van der Waals surface area contributed by atoms with E-state index in [-0.39, 0.29) is 0 Å². The zero-order valence-corrected chi connectivity index (χ0v) is 19.1. The molecule has 2 saturated heterocycles. The molecule has 6 nitrogen and oxygen atoms in total. The Kier molecular flexibility index (Phi) is 9.43. The van der Waals surface area contributed by atoms with E-state index in [1.165, 1.54) is 12.0 Å². The number of hydrogen-bond donors (Lipinski definition) is 1. The predicted molar refractivity (Wildman–Crippen MR) is 123 cm³/mol. The highest BCUT2D eigenvalue weighted by atomic mass is 16.5. The second kappa shape index (κ2) is 12.3. The summed E-state index contributed by atoms with van der Waals surface area (Å²) in [7, 11) is 2.18. The maximum Gasteiger partial charge on any atom is 0.193 e. The van der Waals surface area contributed by atoms with Gasteiger partial charge in [-0.25, -0.2) is 0 Å². The number of likely N-dealkylation sites (N-methyl/N-ethyl adjacent to an activating group) is 1. The normalized spacial score (nSPS) is 21.9. The number of ether oxygens (including phenoxy) is 2. The molecule has 6 heteroatoms. The van der Waals surface area contributed by atoms with Crippen molar-refractivity contribution in [2.24, 2.45) is 4.99 Å². The van der Waals surface area contributed by atoms with Crippen molar-refractivity contribution in [1.82, 2.24) is 15.1 Å². The SMILES string of the molecule is CCNC(=NCC(C)N(C)Cc1ccccc1)N1CCC(OCC2CCCO2)CC1. The van der Waals surface area contributed by atoms with Gasteiger partial charge in [-0.3, -0.25) is 9.89 Å². The summed E-state index contributed by atoms with van der Waals surface area (Å²) in [6.07, 6.45) is 5.10. The first kappa shape index (κ1) is 23.0. The molecule has 30 heavy (non-hydrogen) atoms. The summed E-state index contributed by atoms with van der Waals surface area (Å²) in [6, 6.07) is 11.0. The summed E-state index contributed by atoms with van der Waals surface area (Å²) in [6.45, 7) is 10.7. The minimum atomic E-state index is 0.316. The Bertz CT molecular complexity index is 625. The minimum Gasteiger partial charge on any atom is -0.376 e. The third-order valence-corrected chi connectivity index (χ3v) is 6.15. The van der Waals surface area contributed by atoms with Gasteiger partial charge in [-0.15, -0.1) is 0 Å². The Balaban J connectivity index is 1.44. The van der Waals surface area contributed by atoms with E-state index in [1.807, 2.05) is 0 Å². The number of piperidine rings is 1. The van der Waals surface area contributed by atoms with Crippen molar-refractivity contribution in [1.29, 1.82) is 0 Å². The molecule has 0 aliphatic carbocycles. The lowest BCUT2D eigenvalue weighted by atomic mass is 10.1. The molecule has 0 saturated carbocycles. The number of nitrogens with zero attached hydrogens (tertiary/aromatic N) is 3. The first-order valence-electron chi connectivity index (χ1n) is 11.7. The van der Waals surface area contributed by atoms with Gasteiger partial charge in [-0.1, -0.05) is 30.3 Å². The first-order chi connectivity index (χ1) is 14.7. The summed E-state index contributed by atoms with van der Waals surface area (Å²) in [5.41, 5.74) is 1.34. The van der Waals surface area contributed by atoms with Crippen LogP contribution < -0.4 is 5.32 Å². The topological polar surface area (TPSA) is 49.3 Å². The van der Waals surface area contributed by atoms with Crippen molar-refractivity contribution in [2.75, 3.05) is 46.4 Å². The van der Waals surface area contributed by atoms with Gasteiger partial charge in [-0.05, 0) is 52.1 Å². The number of hydrogen-bond acceptors (Lipinski definition) is 4. The van der Waals surface area contributed by atoms with Gasteiger partial charge in [0.25, 0.3) is 0 Å². The fourth-order valence-electron chi connectivity index (χ4n) is 4.06. The number of guanidine groups is 1. The van der Waals surface area contributed by atoms with E-state index >= 15 is 0 Å². The molecule has 0 bridgehead atoms. The lowest BCUT2D eigenvalue weighted by Gasteiger charge is -2.35. The Morgan fingerprint density at radius 1 is 1.27 bits per heavy atom. The van der Waals surface area contributed by atoms with Crippen LogP contribution in [0.5, 0.6) is 0 Å². The van der Waals surface area contributed by atoms with Crippen LogP contribution in [0.1, 0.15) is 45.1 Å². The molecule has 2 fully saturated rings. The Hall–Kier alpha value is -1.63. The number of rotatable bonds is 9. The average molecular weight is 417 g/mol. The fourth-order valence-corrected chi connectivity index (χ4v) is 4.06. The van der Waals surface area contributed by atoms with Gasteiger partial charge in [0.15, 0.2) is 5.96 Å². The zero-order chi connectivity index (χ0) is 21.2. The molecular formula is C24H40N4O2. The predicted octanol–water partition coefficient (Wildman–Crippen LogP) is 3.13. The quantitative estimate of drug-likeness (QED) is 0.495. The Morgan fingerprint density at radius 3 is 2.70 bits per heavy atom. The van der Waals surface area contributed by atoms with Crippen LogP contribution in [0.3, 0.4) is 0 Å². The van der Waals surface area contributed by atoms with E-state index in [0.29, 0.717) is 18.2 Å². The molecule has 1 aromatic carbocycles. The van der Waals surface area contributed by atoms with Crippen LogP contribution in [0.2, 0.25) is 0 Å². The van der Waals surface area contributed by atoms with Crippen LogP contribution in [-0.2, 0) is 16.0 Å². The minimum absolute atomic E-state index is 0.316. The lowest BCUT2D eigenvalue weighted by Crippen LogP contribution is -2.47. The molecule has 2 aliphatic rings. The molecule has 168 valence electrons. The summed E-state index contributed by atoms with van der Waals surface area (Å²) in [4.78, 5) is 9.72. The van der Waals surface area contributed by atoms with Crippen LogP contribution in [-0.4, -0.2) is 80.4 Å². The first-order valence-corrected chi connectivity index (χ1v) is 11.7. The summed E-state index contributed by atoms with van der Waals surface area (Å²) < 4.78 is 11.8. The van der Waals surface area contributed by atoms with Gasteiger partial charge in [0.1, 0.15) is 0 Å². The molecule has 0 aromatic heterocycles. The number of nitrogens with one attached hydrogen (secondary N) is 1. The van der Waals surface area contributed by atoms with Crippen LogP contribution in [0.25, 0.3) is 0 Å². The number of aliphatic imine (C=N–C) groups is 1. The summed E-state index contributed by atoms with van der Waals surface area (Å²) in [5, 5.41) is 3.48. The zero-order valence-electron chi connectivity index (χ0n) is 19.1. The third kappa shape index (κ3) is 7.25. The van der Waals surface area contributed by atoms with Gasteiger partial charge in [0.05, 0.1) is 25.4 Å². The van der Waals surface area contributed by atoms with Crippen molar-refractivity contribution < 1.29 is 9.47 Å². The Labute approximate surface area is 182 Å². The van der Waals surface area contributed by atoms with E-state index < -0.39 is 0 Å². The van der Waals surface area contributed by atoms with Crippen molar-refractivity contribution in [3.63, 3.8) is 0 Å². The van der Waals surface area contributed by atoms with Crippen LogP contribution in [0, 0.1) is 0 Å². The van der Waals surface area contributed by atoms with E-state index in [1.54, 1.807) is 0 Å². The number of likely N-dealkylation sites (tertiary alicyclic amines) is 1. The third-order valence-electron chi connectivity index (χ3n) is 6.15. The van der Waals surface area contributed by atoms with Gasteiger partial charge < -0.3 is 19.7 Å². The van der Waals surface area contributed by atoms with E-state index in [0.717, 1.165) is 71.2 Å². The molecular weight excluding hydrogens is 376 g/mol.